The molecule has 2 aromatic carbocycles. The number of halogens is 3. The quantitative estimate of drug-likeness (QED) is 0.237. The third-order valence-corrected chi connectivity index (χ3v) is 7.79. The van der Waals surface area contributed by atoms with E-state index in [-0.39, 0.29) is 11.8 Å². The minimum Gasteiger partial charge on any atom is -0.457 e. The monoisotopic (exact) mass is 585 g/mol. The van der Waals surface area contributed by atoms with Crippen LogP contribution in [-0.4, -0.2) is 42.9 Å². The van der Waals surface area contributed by atoms with E-state index in [9.17, 15) is 9.59 Å². The number of carbonyl (C=O) groups excluding carboxylic acids is 2. The Hall–Kier alpha value is -3.23. The molecule has 5 rings (SSSR count). The van der Waals surface area contributed by atoms with Crippen LogP contribution >= 0.6 is 46.1 Å². The summed E-state index contributed by atoms with van der Waals surface area (Å²) in [5, 5.41) is 6.27. The first-order valence-corrected chi connectivity index (χ1v) is 13.8. The van der Waals surface area contributed by atoms with Gasteiger partial charge in [-0.15, -0.1) is 11.3 Å². The van der Waals surface area contributed by atoms with Gasteiger partial charge in [0.25, 0.3) is 5.91 Å². The van der Waals surface area contributed by atoms with E-state index < -0.39 is 0 Å². The van der Waals surface area contributed by atoms with Gasteiger partial charge in [-0.2, -0.15) is 0 Å². The summed E-state index contributed by atoms with van der Waals surface area (Å²) in [5.74, 6) is 0.825. The molecule has 1 saturated heterocycles. The van der Waals surface area contributed by atoms with E-state index >= 15 is 0 Å². The Bertz CT molecular complexity index is 1490. The fraction of sp³-hybridized carbons (Fsp3) is 0.143. The highest BCUT2D eigenvalue weighted by atomic mass is 35.5. The Balaban J connectivity index is 1.17. The van der Waals surface area contributed by atoms with Crippen molar-refractivity contribution >= 4 is 75.4 Å². The van der Waals surface area contributed by atoms with Crippen LogP contribution in [0.15, 0.2) is 76.5 Å². The zero-order valence-electron chi connectivity index (χ0n) is 20.0. The van der Waals surface area contributed by atoms with Gasteiger partial charge in [0.1, 0.15) is 11.5 Å². The summed E-state index contributed by atoms with van der Waals surface area (Å²) in [7, 11) is 0. The average molecular weight is 587 g/mol. The van der Waals surface area contributed by atoms with Crippen LogP contribution < -0.4 is 10.2 Å². The van der Waals surface area contributed by atoms with E-state index in [0.29, 0.717) is 64.0 Å². The average Bonchev–Trinajstić information content (AvgIpc) is 3.60. The highest BCUT2D eigenvalue weighted by Crippen LogP contribution is 2.32. The van der Waals surface area contributed by atoms with Crippen LogP contribution in [0.4, 0.5) is 11.4 Å². The number of furan rings is 1. The molecule has 1 N–H and O–H groups in total. The number of hydrogen-bond acceptors (Lipinski definition) is 5. The third kappa shape index (κ3) is 6.08. The second-order valence-electron chi connectivity index (χ2n) is 8.57. The van der Waals surface area contributed by atoms with Crippen LogP contribution in [0, 0.1) is 0 Å². The van der Waals surface area contributed by atoms with Crippen LogP contribution in [0.5, 0.6) is 0 Å². The number of benzene rings is 2. The molecule has 0 radical (unpaired) electrons. The Labute approximate surface area is 239 Å². The van der Waals surface area contributed by atoms with Gasteiger partial charge in [0.15, 0.2) is 0 Å². The van der Waals surface area contributed by atoms with Crippen LogP contribution in [0.1, 0.15) is 15.4 Å². The first-order valence-electron chi connectivity index (χ1n) is 11.8. The van der Waals surface area contributed by atoms with Crippen LogP contribution in [-0.2, 0) is 4.79 Å². The number of piperazine rings is 1. The van der Waals surface area contributed by atoms with Gasteiger partial charge in [-0.1, -0.05) is 40.9 Å². The van der Waals surface area contributed by atoms with Gasteiger partial charge in [-0.05, 0) is 66.1 Å². The van der Waals surface area contributed by atoms with E-state index in [1.165, 1.54) is 17.4 Å². The SMILES string of the molecule is O=C(/C=C/c1ccc(-c2ccc(Cl)cc2Cl)o1)Nc1ccc(N2CCN(C(=O)c3cccs3)CC2)c(Cl)c1. The molecule has 194 valence electrons. The van der Waals surface area contributed by atoms with Gasteiger partial charge in [0.05, 0.1) is 20.6 Å². The number of anilines is 2. The van der Waals surface area contributed by atoms with Gasteiger partial charge in [0.2, 0.25) is 5.91 Å². The standard InChI is InChI=1S/C28H22Cl3N3O3S/c29-18-3-7-21(22(30)16-18)25-9-5-20(37-25)6-10-27(35)32-19-4-8-24(23(31)17-19)33-11-13-34(14-12-33)28(36)26-2-1-15-38-26/h1-10,15-17H,11-14H2,(H,32,35)/b10-6+. The summed E-state index contributed by atoms with van der Waals surface area (Å²) < 4.78 is 5.79. The summed E-state index contributed by atoms with van der Waals surface area (Å²) in [4.78, 5) is 29.8. The van der Waals surface area contributed by atoms with Crippen molar-refractivity contribution in [2.45, 2.75) is 0 Å². The minimum atomic E-state index is -0.322. The molecule has 1 aliphatic rings. The van der Waals surface area contributed by atoms with Crippen LogP contribution in [0.2, 0.25) is 15.1 Å². The van der Waals surface area contributed by atoms with E-state index in [1.54, 1.807) is 42.5 Å². The molecular weight excluding hydrogens is 565 g/mol. The summed E-state index contributed by atoms with van der Waals surface area (Å²) in [6.45, 7) is 2.60. The second-order valence-corrected chi connectivity index (χ2v) is 10.8. The highest BCUT2D eigenvalue weighted by Gasteiger charge is 2.24. The molecule has 2 amide bonds. The predicted octanol–water partition coefficient (Wildman–Crippen LogP) is 7.58. The molecule has 0 spiro atoms. The molecule has 38 heavy (non-hydrogen) atoms. The van der Waals surface area contributed by atoms with Gasteiger partial charge < -0.3 is 19.5 Å². The van der Waals surface area contributed by atoms with E-state index in [1.807, 2.05) is 34.5 Å². The second kappa shape index (κ2) is 11.7. The first-order chi connectivity index (χ1) is 18.4. The summed E-state index contributed by atoms with van der Waals surface area (Å²) in [6.07, 6.45) is 2.97. The summed E-state index contributed by atoms with van der Waals surface area (Å²) in [6, 6.07) is 17.8. The lowest BCUT2D eigenvalue weighted by molar-refractivity contribution is -0.111. The van der Waals surface area contributed by atoms with Crippen molar-refractivity contribution in [3.05, 3.63) is 97.8 Å². The molecule has 10 heteroatoms. The van der Waals surface area contributed by atoms with E-state index in [2.05, 4.69) is 10.2 Å². The Kier molecular flexibility index (Phi) is 8.09. The third-order valence-electron chi connectivity index (χ3n) is 6.08. The molecule has 2 aromatic heterocycles. The lowest BCUT2D eigenvalue weighted by Gasteiger charge is -2.36. The maximum Gasteiger partial charge on any atom is 0.264 e. The maximum atomic E-state index is 12.6. The molecular formula is C28H22Cl3N3O3S. The van der Waals surface area contributed by atoms with Crippen molar-refractivity contribution in [3.63, 3.8) is 0 Å². The number of rotatable bonds is 6. The molecule has 1 aliphatic heterocycles. The smallest absolute Gasteiger partial charge is 0.264 e. The molecule has 0 aliphatic carbocycles. The van der Waals surface area contributed by atoms with Gasteiger partial charge in [-0.25, -0.2) is 0 Å². The predicted molar refractivity (Wildman–Crippen MR) is 156 cm³/mol. The molecule has 1 fully saturated rings. The number of hydrogen-bond donors (Lipinski definition) is 1. The van der Waals surface area contributed by atoms with Crippen molar-refractivity contribution in [2.75, 3.05) is 36.4 Å². The molecule has 0 unspecified atom stereocenters. The number of amides is 2. The lowest BCUT2D eigenvalue weighted by atomic mass is 10.2. The van der Waals surface area contributed by atoms with Crippen LogP contribution in [0.3, 0.4) is 0 Å². The highest BCUT2D eigenvalue weighted by molar-refractivity contribution is 7.12. The largest absolute Gasteiger partial charge is 0.457 e. The fourth-order valence-corrected chi connectivity index (χ4v) is 5.66. The normalized spacial score (nSPS) is 13.8. The summed E-state index contributed by atoms with van der Waals surface area (Å²) in [5.41, 5.74) is 2.16. The number of thiophene rings is 1. The van der Waals surface area contributed by atoms with Crippen molar-refractivity contribution < 1.29 is 14.0 Å². The minimum absolute atomic E-state index is 0.0661. The van der Waals surface area contributed by atoms with Gasteiger partial charge >= 0.3 is 0 Å². The molecule has 0 atom stereocenters. The van der Waals surface area contributed by atoms with Crippen molar-refractivity contribution in [2.24, 2.45) is 0 Å². The van der Waals surface area contributed by atoms with Crippen molar-refractivity contribution in [1.82, 2.24) is 4.90 Å². The van der Waals surface area contributed by atoms with Gasteiger partial charge in [-0.3, -0.25) is 9.59 Å². The van der Waals surface area contributed by atoms with Crippen LogP contribution in [0.25, 0.3) is 17.4 Å². The molecule has 6 nitrogen and oxygen atoms in total. The zero-order chi connectivity index (χ0) is 26.6. The topological polar surface area (TPSA) is 65.8 Å². The Morgan fingerprint density at radius 1 is 0.921 bits per heavy atom. The van der Waals surface area contributed by atoms with E-state index in [0.717, 1.165) is 10.6 Å². The van der Waals surface area contributed by atoms with Gasteiger partial charge in [0, 0.05) is 48.5 Å². The number of carbonyl (C=O) groups is 2. The number of nitrogens with zero attached hydrogens (tertiary/aromatic N) is 2. The Morgan fingerprint density at radius 3 is 2.45 bits per heavy atom. The van der Waals surface area contributed by atoms with Crippen molar-refractivity contribution in [1.29, 1.82) is 0 Å². The summed E-state index contributed by atoms with van der Waals surface area (Å²) >= 11 is 20.2. The Morgan fingerprint density at radius 2 is 1.74 bits per heavy atom. The van der Waals surface area contributed by atoms with E-state index in [4.69, 9.17) is 39.2 Å². The maximum absolute atomic E-state index is 12.6. The molecule has 0 saturated carbocycles. The first kappa shape index (κ1) is 26.4. The molecule has 4 aromatic rings. The fourth-order valence-electron chi connectivity index (χ4n) is 4.17. The zero-order valence-corrected chi connectivity index (χ0v) is 23.1. The molecule has 3 heterocycles. The number of nitrogens with one attached hydrogen (secondary N) is 1. The van der Waals surface area contributed by atoms with Crippen molar-refractivity contribution in [3.8, 4) is 11.3 Å². The lowest BCUT2D eigenvalue weighted by Crippen LogP contribution is -2.48. The molecule has 0 bridgehead atoms.